The number of fused-ring (bicyclic) bond motifs is 1. The molecular formula is C14H23N5O2. The Morgan fingerprint density at radius 2 is 2.14 bits per heavy atom. The van der Waals surface area contributed by atoms with Gasteiger partial charge in [-0.05, 0) is 12.3 Å². The highest BCUT2D eigenvalue weighted by atomic mass is 16.5. The number of hydrogen-bond acceptors (Lipinski definition) is 6. The maximum atomic E-state index is 5.70. The summed E-state index contributed by atoms with van der Waals surface area (Å²) in [6, 6.07) is 0. The van der Waals surface area contributed by atoms with E-state index >= 15 is 0 Å². The lowest BCUT2D eigenvalue weighted by atomic mass is 10.2. The van der Waals surface area contributed by atoms with Crippen LogP contribution in [0.4, 0.5) is 5.95 Å². The number of nitrogens with one attached hydrogen (secondary N) is 2. The minimum atomic E-state index is 0.456. The van der Waals surface area contributed by atoms with Crippen molar-refractivity contribution in [2.45, 2.75) is 27.2 Å². The molecule has 0 aromatic carbocycles. The van der Waals surface area contributed by atoms with Gasteiger partial charge < -0.3 is 14.8 Å². The lowest BCUT2D eigenvalue weighted by Gasteiger charge is -2.10. The van der Waals surface area contributed by atoms with Gasteiger partial charge in [-0.1, -0.05) is 20.8 Å². The van der Waals surface area contributed by atoms with Gasteiger partial charge >= 0.3 is 0 Å². The first-order valence-electron chi connectivity index (χ1n) is 7.36. The molecule has 0 bridgehead atoms. The van der Waals surface area contributed by atoms with Crippen molar-refractivity contribution in [3.05, 3.63) is 6.20 Å². The van der Waals surface area contributed by atoms with E-state index in [4.69, 9.17) is 9.47 Å². The Morgan fingerprint density at radius 1 is 1.29 bits per heavy atom. The van der Waals surface area contributed by atoms with E-state index in [1.165, 1.54) is 0 Å². The molecule has 0 fully saturated rings. The zero-order valence-electron chi connectivity index (χ0n) is 12.8. The standard InChI is InChI=1S/C14H23N5O2/c1-4-5-15-14-17-12-11(8-16-19-12)13(18-14)21-7-6-20-9-10(2)3/h8,10H,4-7,9H2,1-3H3,(H2,15,16,17,18,19). The van der Waals surface area contributed by atoms with Gasteiger partial charge in [0.2, 0.25) is 11.8 Å². The second kappa shape index (κ2) is 7.78. The number of anilines is 1. The third-order valence-corrected chi connectivity index (χ3v) is 2.73. The van der Waals surface area contributed by atoms with E-state index in [2.05, 4.69) is 46.3 Å². The Labute approximate surface area is 124 Å². The van der Waals surface area contributed by atoms with Crippen molar-refractivity contribution in [1.82, 2.24) is 20.2 Å². The van der Waals surface area contributed by atoms with Crippen LogP contribution in [0.1, 0.15) is 27.2 Å². The summed E-state index contributed by atoms with van der Waals surface area (Å²) in [4.78, 5) is 8.73. The predicted molar refractivity (Wildman–Crippen MR) is 81.6 cm³/mol. The van der Waals surface area contributed by atoms with Crippen molar-refractivity contribution in [2.24, 2.45) is 5.92 Å². The highest BCUT2D eigenvalue weighted by Gasteiger charge is 2.10. The number of H-pyrrole nitrogens is 1. The van der Waals surface area contributed by atoms with Crippen molar-refractivity contribution >= 4 is 17.0 Å². The predicted octanol–water partition coefficient (Wildman–Crippen LogP) is 2.23. The Kier molecular flexibility index (Phi) is 5.74. The summed E-state index contributed by atoms with van der Waals surface area (Å²) in [5, 5.41) is 10.8. The maximum absolute atomic E-state index is 5.70. The molecule has 7 nitrogen and oxygen atoms in total. The molecule has 0 atom stereocenters. The van der Waals surface area contributed by atoms with Crippen molar-refractivity contribution in [1.29, 1.82) is 0 Å². The van der Waals surface area contributed by atoms with Gasteiger partial charge in [0, 0.05) is 13.2 Å². The molecule has 0 aliphatic rings. The molecule has 0 radical (unpaired) electrons. The lowest BCUT2D eigenvalue weighted by molar-refractivity contribution is 0.0811. The molecule has 0 unspecified atom stereocenters. The Balaban J connectivity index is 1.98. The quantitative estimate of drug-likeness (QED) is 0.690. The van der Waals surface area contributed by atoms with Crippen LogP contribution in [-0.2, 0) is 4.74 Å². The molecule has 2 aromatic heterocycles. The summed E-state index contributed by atoms with van der Waals surface area (Å²) in [5.41, 5.74) is 0.668. The van der Waals surface area contributed by atoms with Crippen LogP contribution in [0.2, 0.25) is 0 Å². The van der Waals surface area contributed by atoms with Crippen LogP contribution in [-0.4, -0.2) is 46.5 Å². The molecule has 0 spiro atoms. The molecule has 21 heavy (non-hydrogen) atoms. The monoisotopic (exact) mass is 293 g/mol. The number of aromatic amines is 1. The Morgan fingerprint density at radius 3 is 2.90 bits per heavy atom. The fourth-order valence-corrected chi connectivity index (χ4v) is 1.75. The van der Waals surface area contributed by atoms with Crippen molar-refractivity contribution in [3.8, 4) is 5.88 Å². The number of hydrogen-bond donors (Lipinski definition) is 2. The average molecular weight is 293 g/mol. The van der Waals surface area contributed by atoms with Crippen LogP contribution in [0.25, 0.3) is 11.0 Å². The molecule has 2 rings (SSSR count). The van der Waals surface area contributed by atoms with Crippen LogP contribution in [0.3, 0.4) is 0 Å². The van der Waals surface area contributed by atoms with Gasteiger partial charge in [-0.15, -0.1) is 0 Å². The largest absolute Gasteiger partial charge is 0.475 e. The molecule has 0 aliphatic carbocycles. The van der Waals surface area contributed by atoms with Gasteiger partial charge in [-0.2, -0.15) is 15.1 Å². The molecule has 2 heterocycles. The molecule has 0 aliphatic heterocycles. The van der Waals surface area contributed by atoms with E-state index < -0.39 is 0 Å². The normalized spacial score (nSPS) is 11.2. The van der Waals surface area contributed by atoms with E-state index in [9.17, 15) is 0 Å². The number of nitrogens with zero attached hydrogens (tertiary/aromatic N) is 3. The van der Waals surface area contributed by atoms with Crippen LogP contribution >= 0.6 is 0 Å². The first-order chi connectivity index (χ1) is 10.2. The van der Waals surface area contributed by atoms with Crippen molar-refractivity contribution < 1.29 is 9.47 Å². The zero-order valence-corrected chi connectivity index (χ0v) is 12.8. The van der Waals surface area contributed by atoms with E-state index in [-0.39, 0.29) is 0 Å². The Bertz CT molecular complexity index is 555. The van der Waals surface area contributed by atoms with Crippen LogP contribution in [0.5, 0.6) is 5.88 Å². The smallest absolute Gasteiger partial charge is 0.229 e. The van der Waals surface area contributed by atoms with Crippen LogP contribution in [0.15, 0.2) is 6.20 Å². The van der Waals surface area contributed by atoms with Gasteiger partial charge in [-0.25, -0.2) is 0 Å². The fourth-order valence-electron chi connectivity index (χ4n) is 1.75. The second-order valence-electron chi connectivity index (χ2n) is 5.23. The molecule has 0 amide bonds. The summed E-state index contributed by atoms with van der Waals surface area (Å²) in [6.45, 7) is 8.87. The van der Waals surface area contributed by atoms with E-state index in [1.54, 1.807) is 6.20 Å². The molecule has 2 N–H and O–H groups in total. The first kappa shape index (κ1) is 15.5. The first-order valence-corrected chi connectivity index (χ1v) is 7.36. The average Bonchev–Trinajstić information content (AvgIpc) is 2.92. The van der Waals surface area contributed by atoms with E-state index in [0.717, 1.165) is 25.0 Å². The zero-order chi connectivity index (χ0) is 15.1. The summed E-state index contributed by atoms with van der Waals surface area (Å²) in [7, 11) is 0. The topological polar surface area (TPSA) is 85.0 Å². The fraction of sp³-hybridized carbons (Fsp3) is 0.643. The van der Waals surface area contributed by atoms with E-state index in [1.807, 2.05) is 0 Å². The minimum absolute atomic E-state index is 0.456. The third kappa shape index (κ3) is 4.56. The molecular weight excluding hydrogens is 270 g/mol. The summed E-state index contributed by atoms with van der Waals surface area (Å²) >= 11 is 0. The molecule has 116 valence electrons. The third-order valence-electron chi connectivity index (χ3n) is 2.73. The molecule has 0 saturated heterocycles. The molecule has 2 aromatic rings. The van der Waals surface area contributed by atoms with E-state index in [0.29, 0.717) is 36.6 Å². The number of aromatic nitrogens is 4. The highest BCUT2D eigenvalue weighted by Crippen LogP contribution is 2.22. The maximum Gasteiger partial charge on any atom is 0.229 e. The van der Waals surface area contributed by atoms with Crippen LogP contribution < -0.4 is 10.1 Å². The summed E-state index contributed by atoms with van der Waals surface area (Å²) in [6.07, 6.45) is 2.67. The van der Waals surface area contributed by atoms with Crippen molar-refractivity contribution in [2.75, 3.05) is 31.7 Å². The summed E-state index contributed by atoms with van der Waals surface area (Å²) < 4.78 is 11.2. The van der Waals surface area contributed by atoms with Crippen LogP contribution in [0, 0.1) is 5.92 Å². The molecule has 7 heteroatoms. The van der Waals surface area contributed by atoms with Gasteiger partial charge in [0.05, 0.1) is 12.8 Å². The van der Waals surface area contributed by atoms with Gasteiger partial charge in [0.25, 0.3) is 0 Å². The number of rotatable bonds is 9. The SMILES string of the molecule is CCCNc1nc(OCCOCC(C)C)c2cn[nH]c2n1. The summed E-state index contributed by atoms with van der Waals surface area (Å²) in [5.74, 6) is 1.60. The molecule has 0 saturated carbocycles. The highest BCUT2D eigenvalue weighted by molar-refractivity contribution is 5.80. The van der Waals surface area contributed by atoms with Gasteiger partial charge in [0.15, 0.2) is 5.65 Å². The van der Waals surface area contributed by atoms with Gasteiger partial charge in [0.1, 0.15) is 12.0 Å². The lowest BCUT2D eigenvalue weighted by Crippen LogP contribution is -2.12. The second-order valence-corrected chi connectivity index (χ2v) is 5.23. The minimum Gasteiger partial charge on any atom is -0.475 e. The number of ether oxygens (including phenoxy) is 2. The van der Waals surface area contributed by atoms with Crippen molar-refractivity contribution in [3.63, 3.8) is 0 Å². The Hall–Kier alpha value is -1.89. The van der Waals surface area contributed by atoms with Gasteiger partial charge in [-0.3, -0.25) is 5.10 Å².